The Hall–Kier alpha value is -3.11. The van der Waals surface area contributed by atoms with Crippen molar-refractivity contribution in [1.29, 1.82) is 0 Å². The first kappa shape index (κ1) is 21.1. The van der Waals surface area contributed by atoms with Crippen LogP contribution >= 0.6 is 11.3 Å². The molecule has 0 atom stereocenters. The molecule has 0 saturated carbocycles. The van der Waals surface area contributed by atoms with E-state index in [1.807, 2.05) is 0 Å². The Morgan fingerprint density at radius 3 is 2.39 bits per heavy atom. The molecule has 2 heterocycles. The first-order valence-corrected chi connectivity index (χ1v) is 11.4. The van der Waals surface area contributed by atoms with Crippen LogP contribution in [0.5, 0.6) is 0 Å². The molecule has 160 valence electrons. The van der Waals surface area contributed by atoms with Gasteiger partial charge in [0.2, 0.25) is 0 Å². The molecule has 31 heavy (non-hydrogen) atoms. The Morgan fingerprint density at radius 1 is 1.00 bits per heavy atom. The molecule has 5 nitrogen and oxygen atoms in total. The molecular formula is C21H16F3N3O2S2. The third kappa shape index (κ3) is 4.08. The maximum Gasteiger partial charge on any atom is 0.263 e. The van der Waals surface area contributed by atoms with Crippen molar-refractivity contribution in [3.63, 3.8) is 0 Å². The maximum absolute atomic E-state index is 13.4. The van der Waals surface area contributed by atoms with E-state index in [1.54, 1.807) is 36.1 Å². The number of benzene rings is 2. The fraction of sp³-hybridized carbons (Fsp3) is 0.0952. The molecule has 0 aliphatic heterocycles. The van der Waals surface area contributed by atoms with Gasteiger partial charge in [-0.25, -0.2) is 26.6 Å². The minimum Gasteiger partial charge on any atom is -0.345 e. The highest BCUT2D eigenvalue weighted by atomic mass is 32.2. The van der Waals surface area contributed by atoms with Gasteiger partial charge >= 0.3 is 0 Å². The number of hydrogen-bond donors (Lipinski definition) is 1. The summed E-state index contributed by atoms with van der Waals surface area (Å²) in [7, 11) is -2.35. The summed E-state index contributed by atoms with van der Waals surface area (Å²) in [6.45, 7) is 1.64. The van der Waals surface area contributed by atoms with E-state index < -0.39 is 21.7 Å². The van der Waals surface area contributed by atoms with Crippen molar-refractivity contribution < 1.29 is 21.6 Å². The average Bonchev–Trinajstić information content (AvgIpc) is 3.31. The summed E-state index contributed by atoms with van der Waals surface area (Å²) in [4.78, 5) is 4.55. The zero-order valence-electron chi connectivity index (χ0n) is 16.4. The van der Waals surface area contributed by atoms with Gasteiger partial charge in [0.15, 0.2) is 11.6 Å². The van der Waals surface area contributed by atoms with E-state index in [2.05, 4.69) is 9.71 Å². The molecule has 4 rings (SSSR count). The molecule has 0 amide bonds. The van der Waals surface area contributed by atoms with Crippen molar-refractivity contribution in [3.8, 4) is 22.0 Å². The van der Waals surface area contributed by atoms with Crippen LogP contribution in [-0.4, -0.2) is 18.0 Å². The number of nitrogens with zero attached hydrogens (tertiary/aromatic N) is 2. The first-order valence-electron chi connectivity index (χ1n) is 9.02. The van der Waals surface area contributed by atoms with Gasteiger partial charge in [0.05, 0.1) is 17.1 Å². The lowest BCUT2D eigenvalue weighted by Gasteiger charge is -2.08. The molecule has 0 aliphatic rings. The minimum atomic E-state index is -4.06. The molecule has 1 N–H and O–H groups in total. The van der Waals surface area contributed by atoms with Crippen LogP contribution in [0.25, 0.3) is 22.0 Å². The lowest BCUT2D eigenvalue weighted by molar-refractivity contribution is 0.509. The van der Waals surface area contributed by atoms with Crippen LogP contribution in [0.1, 0.15) is 5.69 Å². The lowest BCUT2D eigenvalue weighted by atomic mass is 10.2. The average molecular weight is 464 g/mol. The molecule has 4 aromatic rings. The Morgan fingerprint density at radius 2 is 1.71 bits per heavy atom. The van der Waals surface area contributed by atoms with Crippen LogP contribution in [0.4, 0.5) is 18.9 Å². The van der Waals surface area contributed by atoms with Crippen molar-refractivity contribution in [2.24, 2.45) is 7.05 Å². The molecule has 0 bridgehead atoms. The molecule has 0 unspecified atom stereocenters. The van der Waals surface area contributed by atoms with Gasteiger partial charge < -0.3 is 4.57 Å². The highest BCUT2D eigenvalue weighted by molar-refractivity contribution is 7.92. The standard InChI is InChI=1S/C21H16F3N3O2S2/c1-12-20(31(28,29)26-15-7-8-16(23)17(24)9-15)10-19(27(12)2)21-25-18(11-30-21)13-3-5-14(22)6-4-13/h3-11,26H,1-2H3. The van der Waals surface area contributed by atoms with Crippen molar-refractivity contribution in [2.75, 3.05) is 4.72 Å². The van der Waals surface area contributed by atoms with E-state index in [1.165, 1.54) is 29.5 Å². The van der Waals surface area contributed by atoms with Crippen LogP contribution in [-0.2, 0) is 17.1 Å². The van der Waals surface area contributed by atoms with Crippen molar-refractivity contribution in [1.82, 2.24) is 9.55 Å². The highest BCUT2D eigenvalue weighted by Gasteiger charge is 2.24. The Labute approximate surface area is 180 Å². The fourth-order valence-corrected chi connectivity index (χ4v) is 5.28. The van der Waals surface area contributed by atoms with Gasteiger partial charge in [-0.1, -0.05) is 0 Å². The van der Waals surface area contributed by atoms with Crippen LogP contribution in [0.3, 0.4) is 0 Å². The van der Waals surface area contributed by atoms with Crippen molar-refractivity contribution >= 4 is 27.0 Å². The lowest BCUT2D eigenvalue weighted by Crippen LogP contribution is -2.14. The number of anilines is 1. The van der Waals surface area contributed by atoms with E-state index in [0.29, 0.717) is 22.1 Å². The number of thiazole rings is 1. The topological polar surface area (TPSA) is 64.0 Å². The molecule has 0 aliphatic carbocycles. The summed E-state index contributed by atoms with van der Waals surface area (Å²) in [6.07, 6.45) is 0. The number of rotatable bonds is 5. The van der Waals surface area contributed by atoms with E-state index in [9.17, 15) is 21.6 Å². The Bertz CT molecular complexity index is 1380. The minimum absolute atomic E-state index is 0.00624. The SMILES string of the molecule is Cc1c(S(=O)(=O)Nc2ccc(F)c(F)c2)cc(-c2nc(-c3ccc(F)cc3)cs2)n1C. The third-order valence-corrected chi connectivity index (χ3v) is 7.18. The van der Waals surface area contributed by atoms with E-state index in [4.69, 9.17) is 0 Å². The largest absolute Gasteiger partial charge is 0.345 e. The summed E-state index contributed by atoms with van der Waals surface area (Å²) in [5.74, 6) is -2.57. The monoisotopic (exact) mass is 463 g/mol. The van der Waals surface area contributed by atoms with Crippen LogP contribution < -0.4 is 4.72 Å². The zero-order chi connectivity index (χ0) is 22.3. The highest BCUT2D eigenvalue weighted by Crippen LogP contribution is 2.33. The van der Waals surface area contributed by atoms with E-state index >= 15 is 0 Å². The molecule has 0 spiro atoms. The second-order valence-electron chi connectivity index (χ2n) is 6.82. The van der Waals surface area contributed by atoms with E-state index in [-0.39, 0.29) is 16.4 Å². The smallest absolute Gasteiger partial charge is 0.263 e. The van der Waals surface area contributed by atoms with Crippen LogP contribution in [0, 0.1) is 24.4 Å². The Kier molecular flexibility index (Phi) is 5.36. The molecule has 2 aromatic carbocycles. The summed E-state index contributed by atoms with van der Waals surface area (Å²) in [6, 6.07) is 10.2. The maximum atomic E-state index is 13.4. The van der Waals surface area contributed by atoms with Gasteiger partial charge in [0, 0.05) is 29.8 Å². The normalized spacial score (nSPS) is 11.6. The van der Waals surface area contributed by atoms with E-state index in [0.717, 1.165) is 23.8 Å². The zero-order valence-corrected chi connectivity index (χ0v) is 18.0. The molecular weight excluding hydrogens is 447 g/mol. The summed E-state index contributed by atoms with van der Waals surface area (Å²) in [5.41, 5.74) is 2.31. The summed E-state index contributed by atoms with van der Waals surface area (Å²) < 4.78 is 69.5. The third-order valence-electron chi connectivity index (χ3n) is 4.81. The molecule has 0 fully saturated rings. The second-order valence-corrected chi connectivity index (χ2v) is 9.33. The number of sulfonamides is 1. The predicted octanol–water partition coefficient (Wildman–Crippen LogP) is 5.34. The van der Waals surface area contributed by atoms with Crippen LogP contribution in [0.2, 0.25) is 0 Å². The van der Waals surface area contributed by atoms with Crippen molar-refractivity contribution in [2.45, 2.75) is 11.8 Å². The van der Waals surface area contributed by atoms with Crippen LogP contribution in [0.15, 0.2) is 58.8 Å². The van der Waals surface area contributed by atoms with Gasteiger partial charge in [-0.3, -0.25) is 4.72 Å². The summed E-state index contributed by atoms with van der Waals surface area (Å²) >= 11 is 1.32. The first-order chi connectivity index (χ1) is 14.7. The van der Waals surface area contributed by atoms with Gasteiger partial charge in [0.25, 0.3) is 10.0 Å². The van der Waals surface area contributed by atoms with Gasteiger partial charge in [0.1, 0.15) is 15.7 Å². The molecule has 0 radical (unpaired) electrons. The quantitative estimate of drug-likeness (QED) is 0.434. The number of halogens is 3. The number of hydrogen-bond acceptors (Lipinski definition) is 4. The van der Waals surface area contributed by atoms with Gasteiger partial charge in [-0.2, -0.15) is 0 Å². The molecule has 10 heteroatoms. The molecule has 2 aromatic heterocycles. The fourth-order valence-electron chi connectivity index (χ4n) is 3.06. The van der Waals surface area contributed by atoms with Gasteiger partial charge in [-0.15, -0.1) is 11.3 Å². The van der Waals surface area contributed by atoms with Gasteiger partial charge in [-0.05, 0) is 49.4 Å². The second kappa shape index (κ2) is 7.86. The Balaban J connectivity index is 1.68. The van der Waals surface area contributed by atoms with Crippen molar-refractivity contribution in [3.05, 3.63) is 77.1 Å². The molecule has 0 saturated heterocycles. The number of nitrogens with one attached hydrogen (secondary N) is 1. The number of aromatic nitrogens is 2. The predicted molar refractivity (Wildman–Crippen MR) is 114 cm³/mol. The summed E-state index contributed by atoms with van der Waals surface area (Å²) in [5, 5.41) is 2.39.